The molecule has 12 heavy (non-hydrogen) atoms. The minimum absolute atomic E-state index is 0.269. The van der Waals surface area contributed by atoms with E-state index in [1.54, 1.807) is 0 Å². The largest absolute Gasteiger partial charge is 0.388 e. The molecule has 2 rings (SSSR count). The normalized spacial score (nSPS) is 22.3. The van der Waals surface area contributed by atoms with Gasteiger partial charge in [0.05, 0.1) is 11.8 Å². The van der Waals surface area contributed by atoms with Gasteiger partial charge >= 0.3 is 0 Å². The van der Waals surface area contributed by atoms with Crippen LogP contribution >= 0.6 is 0 Å². The fraction of sp³-hybridized carbons (Fsp3) is 0.667. The lowest BCUT2D eigenvalue weighted by atomic mass is 9.96. The van der Waals surface area contributed by atoms with Crippen molar-refractivity contribution in [1.29, 1.82) is 0 Å². The average Bonchev–Trinajstić information content (AvgIpc) is 2.49. The second-order valence-electron chi connectivity index (χ2n) is 3.29. The molecule has 0 radical (unpaired) electrons. The summed E-state index contributed by atoms with van der Waals surface area (Å²) in [6, 6.07) is 0. The molecule has 1 unspecified atom stereocenters. The second-order valence-corrected chi connectivity index (χ2v) is 3.29. The number of fused-ring (bicyclic) bond motifs is 1. The van der Waals surface area contributed by atoms with E-state index in [1.807, 2.05) is 10.9 Å². The first-order valence-electron chi connectivity index (χ1n) is 4.55. The number of aliphatic hydroxyl groups is 1. The first-order chi connectivity index (χ1) is 5.81. The molecule has 0 fully saturated rings. The van der Waals surface area contributed by atoms with Crippen molar-refractivity contribution < 1.29 is 5.11 Å². The number of nitrogens with zero attached hydrogens (tertiary/aromatic N) is 2. The molecule has 3 heteroatoms. The molecule has 0 aromatic carbocycles. The second kappa shape index (κ2) is 2.90. The third kappa shape index (κ3) is 1.14. The Hall–Kier alpha value is -0.830. The van der Waals surface area contributed by atoms with E-state index in [0.717, 1.165) is 37.1 Å². The molecule has 0 spiro atoms. The number of aromatic nitrogens is 2. The van der Waals surface area contributed by atoms with E-state index in [1.165, 1.54) is 0 Å². The summed E-state index contributed by atoms with van der Waals surface area (Å²) in [5, 5.41) is 14.0. The molecule has 0 aliphatic heterocycles. The van der Waals surface area contributed by atoms with Gasteiger partial charge in [-0.2, -0.15) is 5.10 Å². The smallest absolute Gasteiger partial charge is 0.0823 e. The molecule has 0 saturated heterocycles. The molecule has 1 aromatic rings. The van der Waals surface area contributed by atoms with Crippen molar-refractivity contribution in [3.63, 3.8) is 0 Å². The lowest BCUT2D eigenvalue weighted by Gasteiger charge is -2.14. The molecule has 1 aromatic heterocycles. The summed E-state index contributed by atoms with van der Waals surface area (Å²) in [5.41, 5.74) is 2.14. The van der Waals surface area contributed by atoms with Gasteiger partial charge in [0.25, 0.3) is 0 Å². The number of rotatable bonds is 1. The van der Waals surface area contributed by atoms with Gasteiger partial charge in [-0.1, -0.05) is 0 Å². The van der Waals surface area contributed by atoms with Gasteiger partial charge in [-0.05, 0) is 26.2 Å². The van der Waals surface area contributed by atoms with Gasteiger partial charge in [-0.15, -0.1) is 0 Å². The molecule has 1 heterocycles. The Morgan fingerprint density at radius 1 is 1.75 bits per heavy atom. The maximum absolute atomic E-state index is 9.62. The van der Waals surface area contributed by atoms with E-state index in [2.05, 4.69) is 12.0 Å². The zero-order chi connectivity index (χ0) is 8.55. The lowest BCUT2D eigenvalue weighted by Crippen LogP contribution is -2.06. The third-order valence-electron chi connectivity index (χ3n) is 2.44. The first-order valence-corrected chi connectivity index (χ1v) is 4.55. The fourth-order valence-corrected chi connectivity index (χ4v) is 1.73. The number of hydrogen-bond donors (Lipinski definition) is 1. The van der Waals surface area contributed by atoms with Crippen LogP contribution in [0.2, 0.25) is 0 Å². The zero-order valence-corrected chi connectivity index (χ0v) is 7.32. The van der Waals surface area contributed by atoms with E-state index >= 15 is 0 Å². The van der Waals surface area contributed by atoms with Crippen molar-refractivity contribution in [1.82, 2.24) is 9.78 Å². The van der Waals surface area contributed by atoms with E-state index in [9.17, 15) is 5.11 Å². The number of hydrogen-bond acceptors (Lipinski definition) is 2. The molecule has 1 aliphatic carbocycles. The quantitative estimate of drug-likeness (QED) is 0.682. The lowest BCUT2D eigenvalue weighted by molar-refractivity contribution is 0.156. The van der Waals surface area contributed by atoms with Crippen LogP contribution < -0.4 is 0 Å². The highest BCUT2D eigenvalue weighted by Gasteiger charge is 2.20. The molecular weight excluding hydrogens is 152 g/mol. The Morgan fingerprint density at radius 2 is 2.58 bits per heavy atom. The highest BCUT2D eigenvalue weighted by molar-refractivity contribution is 5.22. The van der Waals surface area contributed by atoms with E-state index in [0.29, 0.717) is 0 Å². The van der Waals surface area contributed by atoms with Crippen LogP contribution in [-0.4, -0.2) is 14.9 Å². The first kappa shape index (κ1) is 7.80. The molecule has 0 amide bonds. The van der Waals surface area contributed by atoms with Gasteiger partial charge in [0.2, 0.25) is 0 Å². The number of aliphatic hydroxyl groups excluding tert-OH is 1. The Labute approximate surface area is 72.0 Å². The molecule has 0 saturated carbocycles. The van der Waals surface area contributed by atoms with Gasteiger partial charge in [-0.25, -0.2) is 0 Å². The van der Waals surface area contributed by atoms with Gasteiger partial charge in [0, 0.05) is 18.3 Å². The zero-order valence-electron chi connectivity index (χ0n) is 7.32. The van der Waals surface area contributed by atoms with Crippen LogP contribution in [0.15, 0.2) is 6.20 Å². The van der Waals surface area contributed by atoms with E-state index in [-0.39, 0.29) is 6.10 Å². The Bertz CT molecular complexity index is 280. The number of aryl methyl sites for hydroxylation is 2. The maximum Gasteiger partial charge on any atom is 0.0823 e. The maximum atomic E-state index is 9.62. The average molecular weight is 166 g/mol. The Balaban J connectivity index is 2.37. The SMILES string of the molecule is CCn1cc2c(n1)CCCC2O. The van der Waals surface area contributed by atoms with Gasteiger partial charge in [0.15, 0.2) is 0 Å². The van der Waals surface area contributed by atoms with Crippen LogP contribution in [0.25, 0.3) is 0 Å². The predicted octanol–water partition coefficient (Wildman–Crippen LogP) is 1.27. The van der Waals surface area contributed by atoms with Crippen LogP contribution in [-0.2, 0) is 13.0 Å². The molecule has 1 atom stereocenters. The molecule has 3 nitrogen and oxygen atoms in total. The van der Waals surface area contributed by atoms with Crippen molar-refractivity contribution in [3.8, 4) is 0 Å². The predicted molar refractivity (Wildman–Crippen MR) is 45.8 cm³/mol. The van der Waals surface area contributed by atoms with Crippen molar-refractivity contribution in [2.75, 3.05) is 0 Å². The van der Waals surface area contributed by atoms with Gasteiger partial charge < -0.3 is 5.11 Å². The Kier molecular flexibility index (Phi) is 1.89. The van der Waals surface area contributed by atoms with Crippen molar-refractivity contribution in [2.24, 2.45) is 0 Å². The van der Waals surface area contributed by atoms with E-state index in [4.69, 9.17) is 0 Å². The van der Waals surface area contributed by atoms with Crippen LogP contribution in [0.1, 0.15) is 37.1 Å². The van der Waals surface area contributed by atoms with E-state index < -0.39 is 0 Å². The summed E-state index contributed by atoms with van der Waals surface area (Å²) in [6.07, 6.45) is 4.68. The van der Waals surface area contributed by atoms with Crippen molar-refractivity contribution >= 4 is 0 Å². The molecular formula is C9H14N2O. The third-order valence-corrected chi connectivity index (χ3v) is 2.44. The standard InChI is InChI=1S/C9H14N2O/c1-2-11-6-7-8(10-11)4-3-5-9(7)12/h6,9,12H,2-5H2,1H3. The minimum atomic E-state index is -0.269. The topological polar surface area (TPSA) is 38.0 Å². The molecule has 66 valence electrons. The summed E-state index contributed by atoms with van der Waals surface area (Å²) in [4.78, 5) is 0. The van der Waals surface area contributed by atoms with Crippen molar-refractivity contribution in [2.45, 2.75) is 38.8 Å². The minimum Gasteiger partial charge on any atom is -0.388 e. The van der Waals surface area contributed by atoms with Crippen LogP contribution in [0, 0.1) is 0 Å². The fourth-order valence-electron chi connectivity index (χ4n) is 1.73. The molecule has 1 N–H and O–H groups in total. The summed E-state index contributed by atoms with van der Waals surface area (Å²) < 4.78 is 1.90. The monoisotopic (exact) mass is 166 g/mol. The van der Waals surface area contributed by atoms with Crippen LogP contribution in [0.3, 0.4) is 0 Å². The molecule has 1 aliphatic rings. The van der Waals surface area contributed by atoms with Crippen LogP contribution in [0.5, 0.6) is 0 Å². The van der Waals surface area contributed by atoms with Gasteiger partial charge in [0.1, 0.15) is 0 Å². The van der Waals surface area contributed by atoms with Crippen molar-refractivity contribution in [3.05, 3.63) is 17.5 Å². The summed E-state index contributed by atoms with van der Waals surface area (Å²) in [5.74, 6) is 0. The highest BCUT2D eigenvalue weighted by atomic mass is 16.3. The molecule has 0 bridgehead atoms. The summed E-state index contributed by atoms with van der Waals surface area (Å²) in [6.45, 7) is 2.95. The highest BCUT2D eigenvalue weighted by Crippen LogP contribution is 2.28. The van der Waals surface area contributed by atoms with Gasteiger partial charge in [-0.3, -0.25) is 4.68 Å². The Morgan fingerprint density at radius 3 is 3.25 bits per heavy atom. The summed E-state index contributed by atoms with van der Waals surface area (Å²) in [7, 11) is 0. The summed E-state index contributed by atoms with van der Waals surface area (Å²) >= 11 is 0. The van der Waals surface area contributed by atoms with Crippen LogP contribution in [0.4, 0.5) is 0 Å².